The fraction of sp³-hybridized carbons (Fsp3) is 0.312. The molecule has 0 atom stereocenters. The molecular weight excluding hydrogens is 368 g/mol. The molecule has 23 heavy (non-hydrogen) atoms. The van der Waals surface area contributed by atoms with Crippen LogP contribution in [-0.4, -0.2) is 26.3 Å². The molecule has 0 radical (unpaired) electrons. The largest absolute Gasteiger partial charge is 0.486 e. The molecule has 1 aliphatic rings. The SMILES string of the molecule is COCc1ccc(C(=O)OCc2cc3c(cc2Br)OCCO3)o1. The number of esters is 1. The molecule has 0 spiro atoms. The number of hydrogen-bond donors (Lipinski definition) is 0. The maximum Gasteiger partial charge on any atom is 0.374 e. The van der Waals surface area contributed by atoms with E-state index in [0.717, 1.165) is 10.0 Å². The number of hydrogen-bond acceptors (Lipinski definition) is 6. The zero-order valence-electron chi connectivity index (χ0n) is 12.5. The first-order valence-corrected chi connectivity index (χ1v) is 7.79. The Labute approximate surface area is 141 Å². The van der Waals surface area contributed by atoms with Gasteiger partial charge in [0.15, 0.2) is 11.5 Å². The predicted octanol–water partition coefficient (Wildman–Crippen LogP) is 3.32. The van der Waals surface area contributed by atoms with Gasteiger partial charge in [0.25, 0.3) is 0 Å². The van der Waals surface area contributed by atoms with Gasteiger partial charge in [-0.1, -0.05) is 15.9 Å². The number of rotatable bonds is 5. The zero-order valence-corrected chi connectivity index (χ0v) is 14.1. The van der Waals surface area contributed by atoms with E-state index in [1.54, 1.807) is 31.4 Å². The summed E-state index contributed by atoms with van der Waals surface area (Å²) in [4.78, 5) is 12.0. The summed E-state index contributed by atoms with van der Waals surface area (Å²) in [6, 6.07) is 6.85. The number of methoxy groups -OCH3 is 1. The van der Waals surface area contributed by atoms with E-state index in [1.165, 1.54) is 0 Å². The molecule has 1 aromatic heterocycles. The fourth-order valence-electron chi connectivity index (χ4n) is 2.14. The first-order valence-electron chi connectivity index (χ1n) is 7.00. The number of fused-ring (bicyclic) bond motifs is 1. The lowest BCUT2D eigenvalue weighted by molar-refractivity contribution is 0.0428. The highest BCUT2D eigenvalue weighted by Crippen LogP contribution is 2.35. The Bertz CT molecular complexity index is 709. The van der Waals surface area contributed by atoms with Crippen molar-refractivity contribution in [1.82, 2.24) is 0 Å². The molecule has 0 fully saturated rings. The summed E-state index contributed by atoms with van der Waals surface area (Å²) in [5.74, 6) is 1.50. The minimum Gasteiger partial charge on any atom is -0.486 e. The number of benzene rings is 1. The average molecular weight is 383 g/mol. The Morgan fingerprint density at radius 3 is 2.65 bits per heavy atom. The topological polar surface area (TPSA) is 67.1 Å². The molecule has 1 aromatic carbocycles. The van der Waals surface area contributed by atoms with Crippen LogP contribution in [0.5, 0.6) is 11.5 Å². The summed E-state index contributed by atoms with van der Waals surface area (Å²) < 4.78 is 27.4. The Morgan fingerprint density at radius 1 is 1.17 bits per heavy atom. The van der Waals surface area contributed by atoms with E-state index in [0.29, 0.717) is 37.1 Å². The van der Waals surface area contributed by atoms with Gasteiger partial charge < -0.3 is 23.4 Å². The molecular formula is C16H15BrO6. The first kappa shape index (κ1) is 15.9. The van der Waals surface area contributed by atoms with Crippen LogP contribution in [0, 0.1) is 0 Å². The van der Waals surface area contributed by atoms with Crippen LogP contribution in [0.25, 0.3) is 0 Å². The maximum absolute atomic E-state index is 12.0. The molecule has 0 aliphatic carbocycles. The lowest BCUT2D eigenvalue weighted by atomic mass is 10.2. The third kappa shape index (κ3) is 3.68. The third-order valence-electron chi connectivity index (χ3n) is 3.22. The lowest BCUT2D eigenvalue weighted by Crippen LogP contribution is -2.15. The van der Waals surface area contributed by atoms with Crippen LogP contribution in [0.1, 0.15) is 21.9 Å². The van der Waals surface area contributed by atoms with Crippen LogP contribution in [0.4, 0.5) is 0 Å². The molecule has 0 unspecified atom stereocenters. The summed E-state index contributed by atoms with van der Waals surface area (Å²) >= 11 is 3.44. The van der Waals surface area contributed by atoms with Gasteiger partial charge in [-0.15, -0.1) is 0 Å². The summed E-state index contributed by atoms with van der Waals surface area (Å²) in [7, 11) is 1.56. The summed E-state index contributed by atoms with van der Waals surface area (Å²) in [6.45, 7) is 1.43. The van der Waals surface area contributed by atoms with Crippen molar-refractivity contribution in [2.24, 2.45) is 0 Å². The number of furan rings is 1. The Kier molecular flexibility index (Phi) is 4.88. The molecule has 0 saturated heterocycles. The van der Waals surface area contributed by atoms with Crippen molar-refractivity contribution in [2.45, 2.75) is 13.2 Å². The summed E-state index contributed by atoms with van der Waals surface area (Å²) in [5, 5.41) is 0. The molecule has 0 saturated carbocycles. The normalized spacial score (nSPS) is 13.0. The Balaban J connectivity index is 1.66. The van der Waals surface area contributed by atoms with Crippen LogP contribution < -0.4 is 9.47 Å². The quantitative estimate of drug-likeness (QED) is 0.738. The predicted molar refractivity (Wildman–Crippen MR) is 83.7 cm³/mol. The van der Waals surface area contributed by atoms with Crippen LogP contribution in [-0.2, 0) is 22.7 Å². The number of ether oxygens (including phenoxy) is 4. The lowest BCUT2D eigenvalue weighted by Gasteiger charge is -2.19. The zero-order chi connectivity index (χ0) is 16.2. The van der Waals surface area contributed by atoms with Crippen molar-refractivity contribution in [3.05, 3.63) is 45.8 Å². The van der Waals surface area contributed by atoms with Crippen molar-refractivity contribution < 1.29 is 28.2 Å². The van der Waals surface area contributed by atoms with E-state index in [4.69, 9.17) is 23.4 Å². The molecule has 3 rings (SSSR count). The number of carbonyl (C=O) groups excluding carboxylic acids is 1. The molecule has 0 bridgehead atoms. The van der Waals surface area contributed by atoms with E-state index in [2.05, 4.69) is 15.9 Å². The van der Waals surface area contributed by atoms with Crippen molar-refractivity contribution in [2.75, 3.05) is 20.3 Å². The minimum atomic E-state index is -0.533. The van der Waals surface area contributed by atoms with E-state index >= 15 is 0 Å². The van der Waals surface area contributed by atoms with Crippen LogP contribution in [0.15, 0.2) is 33.2 Å². The monoisotopic (exact) mass is 382 g/mol. The van der Waals surface area contributed by atoms with Gasteiger partial charge in [-0.2, -0.15) is 0 Å². The van der Waals surface area contributed by atoms with Gasteiger partial charge in [0, 0.05) is 17.1 Å². The number of carbonyl (C=O) groups is 1. The molecule has 122 valence electrons. The van der Waals surface area contributed by atoms with Gasteiger partial charge in [0.05, 0.1) is 0 Å². The average Bonchev–Trinajstić information content (AvgIpc) is 3.01. The molecule has 1 aliphatic heterocycles. The minimum absolute atomic E-state index is 0.0936. The Morgan fingerprint density at radius 2 is 1.91 bits per heavy atom. The van der Waals surface area contributed by atoms with Crippen LogP contribution in [0.3, 0.4) is 0 Å². The highest BCUT2D eigenvalue weighted by molar-refractivity contribution is 9.10. The van der Waals surface area contributed by atoms with Crippen molar-refractivity contribution >= 4 is 21.9 Å². The second kappa shape index (κ2) is 7.06. The van der Waals surface area contributed by atoms with Crippen molar-refractivity contribution in [1.29, 1.82) is 0 Å². The second-order valence-corrected chi connectivity index (χ2v) is 5.72. The van der Waals surface area contributed by atoms with E-state index in [9.17, 15) is 4.79 Å². The molecule has 0 amide bonds. The third-order valence-corrected chi connectivity index (χ3v) is 3.96. The van der Waals surface area contributed by atoms with Crippen LogP contribution >= 0.6 is 15.9 Å². The summed E-state index contributed by atoms with van der Waals surface area (Å²) in [5.41, 5.74) is 0.784. The van der Waals surface area contributed by atoms with Crippen LogP contribution in [0.2, 0.25) is 0 Å². The highest BCUT2D eigenvalue weighted by Gasteiger charge is 2.17. The first-order chi connectivity index (χ1) is 11.2. The van der Waals surface area contributed by atoms with Crippen molar-refractivity contribution in [3.63, 3.8) is 0 Å². The highest BCUT2D eigenvalue weighted by atomic mass is 79.9. The van der Waals surface area contributed by atoms with Gasteiger partial charge in [-0.25, -0.2) is 4.79 Å². The van der Waals surface area contributed by atoms with Crippen molar-refractivity contribution in [3.8, 4) is 11.5 Å². The standard InChI is InChI=1S/C16H15BrO6/c1-19-9-11-2-3-13(23-11)16(18)22-8-10-6-14-15(7-12(10)17)21-5-4-20-14/h2-3,6-7H,4-5,8-9H2,1H3. The van der Waals surface area contributed by atoms with E-state index < -0.39 is 5.97 Å². The molecule has 6 nitrogen and oxygen atoms in total. The van der Waals surface area contributed by atoms with E-state index in [1.807, 2.05) is 0 Å². The van der Waals surface area contributed by atoms with Gasteiger partial charge in [-0.05, 0) is 24.3 Å². The van der Waals surface area contributed by atoms with Gasteiger partial charge in [0.1, 0.15) is 32.2 Å². The van der Waals surface area contributed by atoms with Gasteiger partial charge in [-0.3, -0.25) is 0 Å². The molecule has 7 heteroatoms. The summed E-state index contributed by atoms with van der Waals surface area (Å²) in [6.07, 6.45) is 0. The number of halogens is 1. The molecule has 0 N–H and O–H groups in total. The van der Waals surface area contributed by atoms with Gasteiger partial charge in [0.2, 0.25) is 5.76 Å². The smallest absolute Gasteiger partial charge is 0.374 e. The Hall–Kier alpha value is -1.99. The van der Waals surface area contributed by atoms with E-state index in [-0.39, 0.29) is 12.4 Å². The molecule has 2 heterocycles. The molecule has 2 aromatic rings. The maximum atomic E-state index is 12.0. The fourth-order valence-corrected chi connectivity index (χ4v) is 2.58. The van der Waals surface area contributed by atoms with Gasteiger partial charge >= 0.3 is 5.97 Å². The second-order valence-electron chi connectivity index (χ2n) is 4.86.